The van der Waals surface area contributed by atoms with E-state index in [1.54, 1.807) is 120 Å². The van der Waals surface area contributed by atoms with Crippen LogP contribution in [0.2, 0.25) is 0 Å². The highest BCUT2D eigenvalue weighted by molar-refractivity contribution is 6.06. The highest BCUT2D eigenvalue weighted by atomic mass is 16.7. The first kappa shape index (κ1) is 52.7. The van der Waals surface area contributed by atoms with Gasteiger partial charge >= 0.3 is 17.9 Å². The minimum absolute atomic E-state index is 0. The Morgan fingerprint density at radius 3 is 1.59 bits per heavy atom. The van der Waals surface area contributed by atoms with Gasteiger partial charge in [-0.15, -0.1) is 13.2 Å². The van der Waals surface area contributed by atoms with Crippen LogP contribution in [0.25, 0.3) is 11.2 Å². The number of anilines is 1. The van der Waals surface area contributed by atoms with Crippen LogP contribution in [0.3, 0.4) is 0 Å². The van der Waals surface area contributed by atoms with Crippen molar-refractivity contribution in [2.45, 2.75) is 104 Å². The molecule has 362 valence electrons. The van der Waals surface area contributed by atoms with Crippen molar-refractivity contribution in [1.29, 1.82) is 0 Å². The molecule has 6 aromatic rings. The molecule has 2 unspecified atom stereocenters. The van der Waals surface area contributed by atoms with Crippen molar-refractivity contribution in [2.24, 2.45) is 11.8 Å². The van der Waals surface area contributed by atoms with Gasteiger partial charge in [0.25, 0.3) is 5.91 Å². The summed E-state index contributed by atoms with van der Waals surface area (Å²) in [6, 6.07) is 35.2. The molecule has 4 aromatic carbocycles. The van der Waals surface area contributed by atoms with Gasteiger partial charge in [-0.3, -0.25) is 9.36 Å². The molecule has 0 aliphatic carbocycles. The van der Waals surface area contributed by atoms with Crippen LogP contribution >= 0.6 is 0 Å². The molecule has 2 aliphatic rings. The van der Waals surface area contributed by atoms with E-state index in [1.165, 1.54) is 6.33 Å². The van der Waals surface area contributed by atoms with E-state index >= 15 is 0 Å². The third-order valence-corrected chi connectivity index (χ3v) is 12.5. The van der Waals surface area contributed by atoms with Crippen LogP contribution in [0.1, 0.15) is 116 Å². The summed E-state index contributed by atoms with van der Waals surface area (Å²) in [5.41, 5.74) is 0.403. The van der Waals surface area contributed by atoms with Crippen LogP contribution in [0.4, 0.5) is 5.82 Å². The Kier molecular flexibility index (Phi) is 18.0. The van der Waals surface area contributed by atoms with Crippen LogP contribution in [0.5, 0.6) is 0 Å². The molecule has 4 heterocycles. The van der Waals surface area contributed by atoms with Crippen molar-refractivity contribution < 1.29 is 42.9 Å². The molecule has 69 heavy (non-hydrogen) atoms. The maximum absolute atomic E-state index is 13.3. The van der Waals surface area contributed by atoms with Crippen molar-refractivity contribution in [3.63, 3.8) is 0 Å². The molecule has 2 saturated heterocycles. The normalized spacial score (nSPS) is 23.4. The zero-order valence-electron chi connectivity index (χ0n) is 38.0. The second kappa shape index (κ2) is 23.6. The highest BCUT2D eigenvalue weighted by Crippen LogP contribution is 2.50. The Balaban J connectivity index is 0.000000259. The lowest BCUT2D eigenvalue weighted by Gasteiger charge is -2.36. The van der Waals surface area contributed by atoms with Gasteiger partial charge in [0.15, 0.2) is 34.4 Å². The van der Waals surface area contributed by atoms with E-state index < -0.39 is 41.6 Å². The Bertz CT molecular complexity index is 2670. The highest BCUT2D eigenvalue weighted by Gasteiger charge is 2.59. The minimum Gasteiger partial charge on any atom is -0.450 e. The maximum atomic E-state index is 13.3. The Hall–Kier alpha value is -7.29. The van der Waals surface area contributed by atoms with Crippen molar-refractivity contribution >= 4 is 40.8 Å². The van der Waals surface area contributed by atoms with E-state index in [-0.39, 0.29) is 50.6 Å². The molecule has 1 amide bonds. The molecule has 8 atom stereocenters. The number of imidazole rings is 1. The Morgan fingerprint density at radius 2 is 1.09 bits per heavy atom. The van der Waals surface area contributed by atoms with E-state index in [0.717, 1.165) is 6.42 Å². The summed E-state index contributed by atoms with van der Waals surface area (Å²) in [4.78, 5) is 64.9. The summed E-state index contributed by atoms with van der Waals surface area (Å²) in [5.74, 6) is -1.83. The molecule has 2 aromatic heterocycles. The van der Waals surface area contributed by atoms with Gasteiger partial charge in [0, 0.05) is 30.2 Å². The van der Waals surface area contributed by atoms with Gasteiger partial charge in [-0.2, -0.15) is 0 Å². The number of hydrogen-bond donors (Lipinski definition) is 1. The monoisotopic (exact) mass is 937 g/mol. The number of ether oxygens (including phenoxy) is 5. The van der Waals surface area contributed by atoms with E-state index in [0.29, 0.717) is 52.7 Å². The van der Waals surface area contributed by atoms with Crippen LogP contribution in [-0.4, -0.2) is 73.0 Å². The molecule has 1 N–H and O–H groups in total. The van der Waals surface area contributed by atoms with Gasteiger partial charge in [-0.05, 0) is 61.4 Å². The second-order valence-electron chi connectivity index (χ2n) is 16.5. The van der Waals surface area contributed by atoms with Gasteiger partial charge < -0.3 is 29.0 Å². The molecule has 0 bridgehead atoms. The minimum atomic E-state index is -1.15. The summed E-state index contributed by atoms with van der Waals surface area (Å²) in [6.07, 6.45) is 6.28. The molecule has 14 nitrogen and oxygen atoms in total. The van der Waals surface area contributed by atoms with E-state index in [4.69, 9.17) is 23.7 Å². The maximum Gasteiger partial charge on any atom is 0.340 e. The van der Waals surface area contributed by atoms with Gasteiger partial charge in [0.2, 0.25) is 6.29 Å². The predicted molar refractivity (Wildman–Crippen MR) is 265 cm³/mol. The Morgan fingerprint density at radius 1 is 0.638 bits per heavy atom. The number of aromatic nitrogens is 4. The lowest BCUT2D eigenvalue weighted by molar-refractivity contribution is -0.175. The number of esters is 3. The SMILES string of the molecule is C.C.C=CC[C@]1(OC(=O)c2ccccc2)C(OC(=O)c2ccccc2)O[C@H](CC)[C@H]1C.C=CC[C@]1(OC(=O)c2ccccc2)C(n2cnc3c(NC(=O)c4ccccc4)ncnc32)O[C@H](CC)[C@H]1C. The van der Waals surface area contributed by atoms with Crippen molar-refractivity contribution in [2.75, 3.05) is 5.32 Å². The van der Waals surface area contributed by atoms with Crippen LogP contribution in [0, 0.1) is 11.8 Å². The van der Waals surface area contributed by atoms with E-state index in [9.17, 15) is 19.2 Å². The smallest absolute Gasteiger partial charge is 0.340 e. The summed E-state index contributed by atoms with van der Waals surface area (Å²) in [7, 11) is 0. The van der Waals surface area contributed by atoms with Crippen molar-refractivity contribution in [1.82, 2.24) is 19.5 Å². The first-order chi connectivity index (χ1) is 32.5. The molecule has 2 fully saturated rings. The number of nitrogens with zero attached hydrogens (tertiary/aromatic N) is 4. The average Bonchev–Trinajstić information content (AvgIpc) is 3.99. The molecule has 8 rings (SSSR count). The van der Waals surface area contributed by atoms with Gasteiger partial charge in [0.05, 0.1) is 35.2 Å². The van der Waals surface area contributed by atoms with Gasteiger partial charge in [0.1, 0.15) is 6.33 Å². The number of benzene rings is 4. The third-order valence-electron chi connectivity index (χ3n) is 12.5. The molecule has 0 radical (unpaired) electrons. The molecule has 2 aliphatic heterocycles. The zero-order chi connectivity index (χ0) is 47.6. The molecule has 0 saturated carbocycles. The molecule has 14 heteroatoms. The largest absolute Gasteiger partial charge is 0.450 e. The lowest BCUT2D eigenvalue weighted by Crippen LogP contribution is -2.49. The van der Waals surface area contributed by atoms with Crippen molar-refractivity contribution in [3.05, 3.63) is 182 Å². The number of rotatable bonds is 15. The van der Waals surface area contributed by atoms with E-state index in [1.807, 2.05) is 52.0 Å². The quantitative estimate of drug-likeness (QED) is 0.0588. The number of carbonyl (C=O) groups excluding carboxylic acids is 4. The second-order valence-corrected chi connectivity index (χ2v) is 16.5. The zero-order valence-corrected chi connectivity index (χ0v) is 38.0. The van der Waals surface area contributed by atoms with Crippen molar-refractivity contribution in [3.8, 4) is 0 Å². The Labute approximate surface area is 404 Å². The van der Waals surface area contributed by atoms with Crippen LogP contribution in [-0.2, 0) is 23.7 Å². The first-order valence-corrected chi connectivity index (χ1v) is 22.4. The molecular weight excluding hydrogens is 875 g/mol. The first-order valence-electron chi connectivity index (χ1n) is 22.4. The summed E-state index contributed by atoms with van der Waals surface area (Å²) >= 11 is 0. The number of fused-ring (bicyclic) bond motifs is 1. The number of hydrogen-bond acceptors (Lipinski definition) is 12. The fourth-order valence-corrected chi connectivity index (χ4v) is 8.81. The third kappa shape index (κ3) is 11.0. The summed E-state index contributed by atoms with van der Waals surface area (Å²) in [6.45, 7) is 15.8. The van der Waals surface area contributed by atoms with Gasteiger partial charge in [-0.25, -0.2) is 29.3 Å². The number of amides is 1. The molecule has 0 spiro atoms. The lowest BCUT2D eigenvalue weighted by atomic mass is 9.82. The standard InChI is InChI=1S/C29H29N5O4.C24H26O5.2CH4/c1-4-16-29(38-27(36)21-14-10-7-11-15-21)19(3)22(5-2)37-28(29)34-18-32-23-24(30-17-31-25(23)34)33-26(35)20-12-8-6-9-13-20;1-4-16-24(29-22(26)19-14-10-7-11-15-19)17(3)20(5-2)27-23(24)28-21(25)18-12-8-6-9-13-18;;/h4,6-15,17-19,22,28H,1,5,16H2,2-3H3,(H,30,31,33,35);4,6-15,17,20,23H,1,5,16H2,2-3H3;2*1H4/t19-,22-,28?,29-;17-,20-,23?,24-;;/m11../s1. The average molecular weight is 938 g/mol. The fourth-order valence-electron chi connectivity index (χ4n) is 8.81. The van der Waals surface area contributed by atoms with E-state index in [2.05, 4.69) is 33.4 Å². The number of nitrogens with one attached hydrogen (secondary N) is 1. The summed E-state index contributed by atoms with van der Waals surface area (Å²) in [5, 5.41) is 2.83. The number of carbonyl (C=O) groups is 4. The topological polar surface area (TPSA) is 170 Å². The predicted octanol–water partition coefficient (Wildman–Crippen LogP) is 11.3. The van der Waals surface area contributed by atoms with Gasteiger partial charge in [-0.1, -0.05) is 127 Å². The fraction of sp³-hybridized carbons (Fsp3) is 0.327. The van der Waals surface area contributed by atoms with Crippen LogP contribution in [0.15, 0.2) is 159 Å². The van der Waals surface area contributed by atoms with Crippen LogP contribution < -0.4 is 5.32 Å². The molecular formula is C55H63N5O9. The summed E-state index contributed by atoms with van der Waals surface area (Å²) < 4.78 is 32.4.